The van der Waals surface area contributed by atoms with Crippen LogP contribution in [0.1, 0.15) is 12.5 Å². The highest BCUT2D eigenvalue weighted by Gasteiger charge is 2.04. The molecule has 0 bridgehead atoms. The van der Waals surface area contributed by atoms with Crippen molar-refractivity contribution in [3.05, 3.63) is 23.8 Å². The number of aromatic hydroxyl groups is 1. The minimum Gasteiger partial charge on any atom is -0.504 e. The summed E-state index contributed by atoms with van der Waals surface area (Å²) in [6, 6.07) is 5.21. The Labute approximate surface area is 88.9 Å². The SMILES string of the molecule is CCOc1cccc(C=NCCO)c1O. The van der Waals surface area contributed by atoms with Crippen LogP contribution in [0.5, 0.6) is 11.5 Å². The Balaban J connectivity index is 2.84. The average Bonchev–Trinajstić information content (AvgIpc) is 2.24. The lowest BCUT2D eigenvalue weighted by atomic mass is 10.2. The van der Waals surface area contributed by atoms with Gasteiger partial charge in [0, 0.05) is 11.8 Å². The number of hydrogen-bond acceptors (Lipinski definition) is 4. The summed E-state index contributed by atoms with van der Waals surface area (Å²) in [7, 11) is 0. The normalized spacial score (nSPS) is 10.8. The maximum Gasteiger partial charge on any atom is 0.166 e. The van der Waals surface area contributed by atoms with Crippen LogP contribution < -0.4 is 4.74 Å². The van der Waals surface area contributed by atoms with Gasteiger partial charge in [0.25, 0.3) is 0 Å². The zero-order valence-electron chi connectivity index (χ0n) is 8.68. The Kier molecular flexibility index (Phi) is 4.63. The van der Waals surface area contributed by atoms with E-state index in [4.69, 9.17) is 9.84 Å². The Morgan fingerprint density at radius 2 is 2.27 bits per heavy atom. The van der Waals surface area contributed by atoms with Gasteiger partial charge in [-0.15, -0.1) is 0 Å². The molecule has 0 heterocycles. The van der Waals surface area contributed by atoms with Gasteiger partial charge >= 0.3 is 0 Å². The van der Waals surface area contributed by atoms with Crippen LogP contribution in [-0.2, 0) is 0 Å². The van der Waals surface area contributed by atoms with E-state index in [1.54, 1.807) is 18.2 Å². The van der Waals surface area contributed by atoms with Crippen LogP contribution in [0.15, 0.2) is 23.2 Å². The Morgan fingerprint density at radius 1 is 1.47 bits per heavy atom. The summed E-state index contributed by atoms with van der Waals surface area (Å²) in [6.07, 6.45) is 1.52. The fourth-order valence-electron chi connectivity index (χ4n) is 1.14. The zero-order chi connectivity index (χ0) is 11.1. The molecule has 1 aromatic carbocycles. The lowest BCUT2D eigenvalue weighted by Gasteiger charge is -2.06. The van der Waals surface area contributed by atoms with Crippen molar-refractivity contribution in [1.82, 2.24) is 0 Å². The van der Waals surface area contributed by atoms with E-state index in [0.29, 0.717) is 24.5 Å². The molecule has 15 heavy (non-hydrogen) atoms. The highest BCUT2D eigenvalue weighted by molar-refractivity contribution is 5.84. The molecule has 0 aliphatic heterocycles. The van der Waals surface area contributed by atoms with Crippen molar-refractivity contribution in [2.24, 2.45) is 4.99 Å². The van der Waals surface area contributed by atoms with E-state index in [0.717, 1.165) is 0 Å². The number of hydrogen-bond donors (Lipinski definition) is 2. The topological polar surface area (TPSA) is 62.0 Å². The second kappa shape index (κ2) is 6.03. The van der Waals surface area contributed by atoms with Gasteiger partial charge in [0.15, 0.2) is 11.5 Å². The van der Waals surface area contributed by atoms with E-state index in [9.17, 15) is 5.11 Å². The highest BCUT2D eigenvalue weighted by Crippen LogP contribution is 2.28. The van der Waals surface area contributed by atoms with Gasteiger partial charge in [-0.3, -0.25) is 4.99 Å². The van der Waals surface area contributed by atoms with Crippen molar-refractivity contribution in [2.45, 2.75) is 6.92 Å². The number of benzene rings is 1. The second-order valence-electron chi connectivity index (χ2n) is 2.89. The molecular formula is C11H15NO3. The van der Waals surface area contributed by atoms with E-state index < -0.39 is 0 Å². The van der Waals surface area contributed by atoms with Crippen LogP contribution in [0.2, 0.25) is 0 Å². The summed E-state index contributed by atoms with van der Waals surface area (Å²) in [5, 5.41) is 18.3. The number of aliphatic hydroxyl groups excluding tert-OH is 1. The smallest absolute Gasteiger partial charge is 0.166 e. The molecule has 0 spiro atoms. The van der Waals surface area contributed by atoms with Crippen LogP contribution in [0, 0.1) is 0 Å². The van der Waals surface area contributed by atoms with E-state index >= 15 is 0 Å². The van der Waals surface area contributed by atoms with Crippen molar-refractivity contribution >= 4 is 6.21 Å². The number of ether oxygens (including phenoxy) is 1. The molecule has 0 aliphatic carbocycles. The van der Waals surface area contributed by atoms with Gasteiger partial charge in [0.2, 0.25) is 0 Å². The van der Waals surface area contributed by atoms with Crippen molar-refractivity contribution < 1.29 is 14.9 Å². The Morgan fingerprint density at radius 3 is 2.93 bits per heavy atom. The van der Waals surface area contributed by atoms with Crippen LogP contribution in [-0.4, -0.2) is 36.2 Å². The first-order valence-corrected chi connectivity index (χ1v) is 4.85. The molecule has 1 aromatic rings. The number of rotatable bonds is 5. The molecule has 0 aromatic heterocycles. The largest absolute Gasteiger partial charge is 0.504 e. The fourth-order valence-corrected chi connectivity index (χ4v) is 1.14. The first-order valence-electron chi connectivity index (χ1n) is 4.85. The number of aliphatic imine (C=N–C) groups is 1. The minimum absolute atomic E-state index is 0.00239. The predicted octanol–water partition coefficient (Wildman–Crippen LogP) is 1.20. The molecule has 0 amide bonds. The van der Waals surface area contributed by atoms with Gasteiger partial charge in [-0.2, -0.15) is 0 Å². The molecular weight excluding hydrogens is 194 g/mol. The quantitative estimate of drug-likeness (QED) is 0.716. The fraction of sp³-hybridized carbons (Fsp3) is 0.364. The van der Waals surface area contributed by atoms with Crippen molar-refractivity contribution in [1.29, 1.82) is 0 Å². The molecule has 82 valence electrons. The third-order valence-electron chi connectivity index (χ3n) is 1.79. The van der Waals surface area contributed by atoms with Crippen LogP contribution in [0.3, 0.4) is 0 Å². The first-order chi connectivity index (χ1) is 7.29. The molecule has 4 heteroatoms. The number of aliphatic hydroxyl groups is 1. The van der Waals surface area contributed by atoms with Gasteiger partial charge in [-0.1, -0.05) is 6.07 Å². The van der Waals surface area contributed by atoms with E-state index in [-0.39, 0.29) is 12.4 Å². The molecule has 0 fully saturated rings. The number of phenols is 1. The number of phenolic OH excluding ortho intramolecular Hbond substituents is 1. The van der Waals surface area contributed by atoms with Gasteiger partial charge in [-0.25, -0.2) is 0 Å². The molecule has 0 saturated carbocycles. The summed E-state index contributed by atoms with van der Waals surface area (Å²) in [5.41, 5.74) is 0.592. The molecule has 0 aliphatic rings. The monoisotopic (exact) mass is 209 g/mol. The molecule has 1 rings (SSSR count). The van der Waals surface area contributed by atoms with Crippen LogP contribution >= 0.6 is 0 Å². The first kappa shape index (κ1) is 11.5. The van der Waals surface area contributed by atoms with Gasteiger partial charge in [0.05, 0.1) is 19.8 Å². The van der Waals surface area contributed by atoms with E-state index in [1.165, 1.54) is 6.21 Å². The Hall–Kier alpha value is -1.55. The molecule has 0 radical (unpaired) electrons. The molecule has 2 N–H and O–H groups in total. The van der Waals surface area contributed by atoms with Crippen LogP contribution in [0.25, 0.3) is 0 Å². The highest BCUT2D eigenvalue weighted by atomic mass is 16.5. The molecule has 0 saturated heterocycles. The van der Waals surface area contributed by atoms with Crippen LogP contribution in [0.4, 0.5) is 0 Å². The third kappa shape index (κ3) is 3.25. The average molecular weight is 209 g/mol. The maximum absolute atomic E-state index is 9.74. The summed E-state index contributed by atoms with van der Waals surface area (Å²) in [5.74, 6) is 0.534. The Bertz CT molecular complexity index is 337. The second-order valence-corrected chi connectivity index (χ2v) is 2.89. The standard InChI is InChI=1S/C11H15NO3/c1-2-15-10-5-3-4-9(11(10)14)8-12-6-7-13/h3-5,8,13-14H,2,6-7H2,1H3. The van der Waals surface area contributed by atoms with Gasteiger partial charge < -0.3 is 14.9 Å². The lowest BCUT2D eigenvalue weighted by molar-refractivity contribution is 0.307. The minimum atomic E-state index is 0.00239. The van der Waals surface area contributed by atoms with E-state index in [1.807, 2.05) is 6.92 Å². The van der Waals surface area contributed by atoms with E-state index in [2.05, 4.69) is 4.99 Å². The summed E-state index contributed by atoms with van der Waals surface area (Å²) in [4.78, 5) is 3.93. The molecule has 0 atom stereocenters. The maximum atomic E-state index is 9.74. The van der Waals surface area contributed by atoms with Crippen molar-refractivity contribution in [2.75, 3.05) is 19.8 Å². The van der Waals surface area contributed by atoms with Crippen molar-refractivity contribution in [3.63, 3.8) is 0 Å². The predicted molar refractivity (Wildman–Crippen MR) is 58.8 cm³/mol. The van der Waals surface area contributed by atoms with Gasteiger partial charge in [0.1, 0.15) is 0 Å². The molecule has 4 nitrogen and oxygen atoms in total. The molecule has 0 unspecified atom stereocenters. The summed E-state index contributed by atoms with van der Waals surface area (Å²) in [6.45, 7) is 2.69. The lowest BCUT2D eigenvalue weighted by Crippen LogP contribution is -1.94. The van der Waals surface area contributed by atoms with Crippen molar-refractivity contribution in [3.8, 4) is 11.5 Å². The summed E-state index contributed by atoms with van der Waals surface area (Å²) < 4.78 is 5.22. The number of nitrogens with zero attached hydrogens (tertiary/aromatic N) is 1. The van der Waals surface area contributed by atoms with Gasteiger partial charge in [-0.05, 0) is 19.1 Å². The zero-order valence-corrected chi connectivity index (χ0v) is 8.68. The third-order valence-corrected chi connectivity index (χ3v) is 1.79. The number of para-hydroxylation sites is 1. The summed E-state index contributed by atoms with van der Waals surface area (Å²) >= 11 is 0.